The summed E-state index contributed by atoms with van der Waals surface area (Å²) in [5.74, 6) is -0.00185. The lowest BCUT2D eigenvalue weighted by Crippen LogP contribution is -2.48. The Hall–Kier alpha value is -0.680. The van der Waals surface area contributed by atoms with Crippen LogP contribution in [0.4, 0.5) is 0 Å². The normalized spacial score (nSPS) is 26.9. The quantitative estimate of drug-likeness (QED) is 0.740. The highest BCUT2D eigenvalue weighted by Crippen LogP contribution is 2.38. The van der Waals surface area contributed by atoms with Crippen molar-refractivity contribution in [1.29, 1.82) is 0 Å². The third-order valence-corrected chi connectivity index (χ3v) is 4.27. The molecule has 1 unspecified atom stereocenters. The maximum absolute atomic E-state index is 12.2. The number of thiocarbonyl (C=S) groups is 1. The zero-order valence-corrected chi connectivity index (χ0v) is 10.9. The first-order chi connectivity index (χ1) is 8.15. The number of hydrogen-bond donors (Lipinski definition) is 2. The van der Waals surface area contributed by atoms with E-state index in [0.717, 1.165) is 45.1 Å². The van der Waals surface area contributed by atoms with E-state index in [0.29, 0.717) is 11.5 Å². The number of carbonyl (C=O) groups is 1. The number of nitrogens with one attached hydrogen (secondary N) is 1. The molecular weight excluding hydrogens is 236 g/mol. The van der Waals surface area contributed by atoms with Crippen molar-refractivity contribution in [2.45, 2.75) is 44.6 Å². The van der Waals surface area contributed by atoms with E-state index >= 15 is 0 Å². The maximum Gasteiger partial charge on any atom is 0.233 e. The lowest BCUT2D eigenvalue weighted by Gasteiger charge is -2.26. The predicted octanol–water partition coefficient (Wildman–Crippen LogP) is 1.13. The second-order valence-corrected chi connectivity index (χ2v) is 5.44. The molecule has 1 aliphatic heterocycles. The molecule has 0 radical (unpaired) electrons. The summed E-state index contributed by atoms with van der Waals surface area (Å²) in [5.41, 5.74) is 5.17. The van der Waals surface area contributed by atoms with Crippen molar-refractivity contribution in [2.24, 2.45) is 11.1 Å². The SMILES string of the molecule is NC(=S)C1(C(=O)NCC2CCCO2)CCCC1. The molecule has 1 saturated heterocycles. The van der Waals surface area contributed by atoms with Gasteiger partial charge in [-0.05, 0) is 25.7 Å². The fourth-order valence-electron chi connectivity index (χ4n) is 2.74. The number of rotatable bonds is 4. The molecule has 0 aromatic carbocycles. The maximum atomic E-state index is 12.2. The van der Waals surface area contributed by atoms with Crippen molar-refractivity contribution in [2.75, 3.05) is 13.2 Å². The van der Waals surface area contributed by atoms with Crippen LogP contribution in [0, 0.1) is 5.41 Å². The summed E-state index contributed by atoms with van der Waals surface area (Å²) in [6, 6.07) is 0. The van der Waals surface area contributed by atoms with Crippen LogP contribution in [0.15, 0.2) is 0 Å². The second kappa shape index (κ2) is 5.31. The van der Waals surface area contributed by atoms with Gasteiger partial charge in [0.25, 0.3) is 0 Å². The Morgan fingerprint density at radius 2 is 2.12 bits per heavy atom. The molecule has 3 N–H and O–H groups in total. The number of amides is 1. The highest BCUT2D eigenvalue weighted by Gasteiger charge is 2.43. The van der Waals surface area contributed by atoms with Crippen LogP contribution in [0.25, 0.3) is 0 Å². The van der Waals surface area contributed by atoms with Crippen molar-refractivity contribution >= 4 is 23.1 Å². The van der Waals surface area contributed by atoms with Gasteiger partial charge in [-0.2, -0.15) is 0 Å². The van der Waals surface area contributed by atoms with Crippen LogP contribution in [0.2, 0.25) is 0 Å². The van der Waals surface area contributed by atoms with Gasteiger partial charge in [-0.25, -0.2) is 0 Å². The minimum Gasteiger partial charge on any atom is -0.392 e. The molecule has 0 aromatic rings. The van der Waals surface area contributed by atoms with E-state index in [1.54, 1.807) is 0 Å². The summed E-state index contributed by atoms with van der Waals surface area (Å²) in [7, 11) is 0. The summed E-state index contributed by atoms with van der Waals surface area (Å²) in [6.07, 6.45) is 5.93. The molecule has 1 heterocycles. The summed E-state index contributed by atoms with van der Waals surface area (Å²) in [5, 5.41) is 2.96. The molecular formula is C12H20N2O2S. The van der Waals surface area contributed by atoms with E-state index in [2.05, 4.69) is 5.32 Å². The molecule has 4 nitrogen and oxygen atoms in total. The molecule has 5 heteroatoms. The van der Waals surface area contributed by atoms with Gasteiger partial charge in [0.2, 0.25) is 5.91 Å². The predicted molar refractivity (Wildman–Crippen MR) is 69.7 cm³/mol. The zero-order valence-electron chi connectivity index (χ0n) is 10.0. The van der Waals surface area contributed by atoms with Crippen molar-refractivity contribution < 1.29 is 9.53 Å². The summed E-state index contributed by atoms with van der Waals surface area (Å²) in [6.45, 7) is 1.39. The van der Waals surface area contributed by atoms with Crippen LogP contribution in [0.5, 0.6) is 0 Å². The third-order valence-electron chi connectivity index (χ3n) is 3.88. The number of carbonyl (C=O) groups excluding carboxylic acids is 1. The summed E-state index contributed by atoms with van der Waals surface area (Å²) < 4.78 is 5.48. The van der Waals surface area contributed by atoms with Gasteiger partial charge in [0.1, 0.15) is 0 Å². The average molecular weight is 256 g/mol. The lowest BCUT2D eigenvalue weighted by atomic mass is 9.85. The minimum atomic E-state index is -0.589. The monoisotopic (exact) mass is 256 g/mol. The summed E-state index contributed by atoms with van der Waals surface area (Å²) in [4.78, 5) is 12.6. The number of ether oxygens (including phenoxy) is 1. The first-order valence-electron chi connectivity index (χ1n) is 6.35. The van der Waals surface area contributed by atoms with E-state index in [1.165, 1.54) is 0 Å². The van der Waals surface area contributed by atoms with Gasteiger partial charge in [0.05, 0.1) is 16.5 Å². The van der Waals surface area contributed by atoms with Gasteiger partial charge >= 0.3 is 0 Å². The van der Waals surface area contributed by atoms with E-state index in [9.17, 15) is 4.79 Å². The Morgan fingerprint density at radius 1 is 1.41 bits per heavy atom. The fourth-order valence-corrected chi connectivity index (χ4v) is 3.04. The molecule has 0 aromatic heterocycles. The van der Waals surface area contributed by atoms with Crippen molar-refractivity contribution in [3.05, 3.63) is 0 Å². The Morgan fingerprint density at radius 3 is 2.65 bits per heavy atom. The van der Waals surface area contributed by atoms with Crippen molar-refractivity contribution in [3.63, 3.8) is 0 Å². The van der Waals surface area contributed by atoms with Crippen LogP contribution in [0.1, 0.15) is 38.5 Å². The molecule has 17 heavy (non-hydrogen) atoms. The zero-order chi connectivity index (χ0) is 12.3. The Kier molecular flexibility index (Phi) is 3.99. The van der Waals surface area contributed by atoms with E-state index in [-0.39, 0.29) is 12.0 Å². The average Bonchev–Trinajstić information content (AvgIpc) is 2.97. The summed E-state index contributed by atoms with van der Waals surface area (Å²) >= 11 is 5.08. The van der Waals surface area contributed by atoms with Gasteiger partial charge in [0.15, 0.2) is 0 Å². The van der Waals surface area contributed by atoms with Crippen LogP contribution in [0.3, 0.4) is 0 Å². The highest BCUT2D eigenvalue weighted by molar-refractivity contribution is 7.80. The second-order valence-electron chi connectivity index (χ2n) is 5.00. The Labute approximate surface area is 107 Å². The largest absolute Gasteiger partial charge is 0.392 e. The van der Waals surface area contributed by atoms with Crippen molar-refractivity contribution in [1.82, 2.24) is 5.32 Å². The fraction of sp³-hybridized carbons (Fsp3) is 0.833. The molecule has 0 spiro atoms. The van der Waals surface area contributed by atoms with E-state index in [1.807, 2.05) is 0 Å². The number of nitrogens with two attached hydrogens (primary N) is 1. The standard InChI is InChI=1S/C12H20N2O2S/c13-10(17)12(5-1-2-6-12)11(15)14-8-9-4-3-7-16-9/h9H,1-8H2,(H2,13,17)(H,14,15). The first kappa shape index (κ1) is 12.8. The van der Waals surface area contributed by atoms with E-state index in [4.69, 9.17) is 22.7 Å². The third kappa shape index (κ3) is 2.60. The van der Waals surface area contributed by atoms with Gasteiger partial charge < -0.3 is 15.8 Å². The van der Waals surface area contributed by atoms with Crippen LogP contribution < -0.4 is 11.1 Å². The van der Waals surface area contributed by atoms with Crippen molar-refractivity contribution in [3.8, 4) is 0 Å². The van der Waals surface area contributed by atoms with Crippen LogP contribution in [-0.4, -0.2) is 30.2 Å². The molecule has 2 aliphatic rings. The molecule has 1 saturated carbocycles. The van der Waals surface area contributed by atoms with Crippen LogP contribution >= 0.6 is 12.2 Å². The van der Waals surface area contributed by atoms with Gasteiger partial charge in [-0.15, -0.1) is 0 Å². The van der Waals surface area contributed by atoms with Gasteiger partial charge in [0, 0.05) is 13.2 Å². The van der Waals surface area contributed by atoms with Gasteiger partial charge in [-0.1, -0.05) is 25.1 Å². The lowest BCUT2D eigenvalue weighted by molar-refractivity contribution is -0.127. The molecule has 1 aliphatic carbocycles. The topological polar surface area (TPSA) is 64.4 Å². The first-order valence-corrected chi connectivity index (χ1v) is 6.76. The number of hydrogen-bond acceptors (Lipinski definition) is 3. The Balaban J connectivity index is 1.90. The molecule has 1 atom stereocenters. The Bertz CT molecular complexity index is 308. The van der Waals surface area contributed by atoms with Gasteiger partial charge in [-0.3, -0.25) is 4.79 Å². The van der Waals surface area contributed by atoms with E-state index < -0.39 is 5.41 Å². The molecule has 2 fully saturated rings. The molecule has 1 amide bonds. The highest BCUT2D eigenvalue weighted by atomic mass is 32.1. The smallest absolute Gasteiger partial charge is 0.233 e. The van der Waals surface area contributed by atoms with Crippen LogP contribution in [-0.2, 0) is 9.53 Å². The molecule has 0 bridgehead atoms. The molecule has 96 valence electrons. The molecule has 2 rings (SSSR count). The minimum absolute atomic E-state index is 0.00185.